The quantitative estimate of drug-likeness (QED) is 0.901. The van der Waals surface area contributed by atoms with E-state index in [0.717, 1.165) is 30.0 Å². The topological polar surface area (TPSA) is 47.3 Å². The molecule has 4 heteroatoms. The Morgan fingerprint density at radius 1 is 1.33 bits per heavy atom. The van der Waals surface area contributed by atoms with Crippen LogP contribution in [0.2, 0.25) is 0 Å². The lowest BCUT2D eigenvalue weighted by atomic mass is 10.2. The van der Waals surface area contributed by atoms with E-state index in [-0.39, 0.29) is 0 Å². The Hall–Kier alpha value is -1.81. The van der Waals surface area contributed by atoms with Gasteiger partial charge in [0, 0.05) is 5.56 Å². The summed E-state index contributed by atoms with van der Waals surface area (Å²) in [5.74, 6) is 1.50. The first-order valence-electron chi connectivity index (χ1n) is 6.20. The summed E-state index contributed by atoms with van der Waals surface area (Å²) < 4.78 is 10.7. The van der Waals surface area contributed by atoms with Crippen LogP contribution in [-0.2, 0) is 0 Å². The van der Waals surface area contributed by atoms with Gasteiger partial charge in [-0.3, -0.25) is 0 Å². The molecule has 18 heavy (non-hydrogen) atoms. The van der Waals surface area contributed by atoms with Crippen LogP contribution in [0.4, 0.5) is 0 Å². The maximum atomic E-state index is 5.54. The summed E-state index contributed by atoms with van der Waals surface area (Å²) in [4.78, 5) is 4.55. The zero-order valence-corrected chi connectivity index (χ0v) is 10.3. The van der Waals surface area contributed by atoms with Crippen molar-refractivity contribution < 1.29 is 9.15 Å². The zero-order valence-electron chi connectivity index (χ0n) is 10.3. The average Bonchev–Trinajstić information content (AvgIpc) is 3.09. The molecule has 2 aromatic rings. The monoisotopic (exact) mass is 244 g/mol. The lowest BCUT2D eigenvalue weighted by Gasteiger charge is -2.03. The highest BCUT2D eigenvalue weighted by Gasteiger charge is 2.20. The highest BCUT2D eigenvalue weighted by Crippen LogP contribution is 2.26. The van der Waals surface area contributed by atoms with Crippen LogP contribution in [0.3, 0.4) is 0 Å². The molecular weight excluding hydrogens is 228 g/mol. The van der Waals surface area contributed by atoms with Gasteiger partial charge in [-0.15, -0.1) is 0 Å². The van der Waals surface area contributed by atoms with E-state index in [1.54, 1.807) is 13.4 Å². The summed E-state index contributed by atoms with van der Waals surface area (Å²) in [7, 11) is 1.66. The van der Waals surface area contributed by atoms with Crippen molar-refractivity contribution in [3.63, 3.8) is 0 Å². The molecule has 0 saturated carbocycles. The van der Waals surface area contributed by atoms with Crippen molar-refractivity contribution in [1.82, 2.24) is 10.3 Å². The minimum absolute atomic E-state index is 0.348. The van der Waals surface area contributed by atoms with Gasteiger partial charge in [-0.1, -0.05) is 0 Å². The van der Waals surface area contributed by atoms with E-state index < -0.39 is 0 Å². The van der Waals surface area contributed by atoms with Crippen molar-refractivity contribution in [3.05, 3.63) is 36.2 Å². The van der Waals surface area contributed by atoms with E-state index >= 15 is 0 Å². The summed E-state index contributed by atoms with van der Waals surface area (Å²) in [5, 5.41) is 3.41. The van der Waals surface area contributed by atoms with Gasteiger partial charge < -0.3 is 14.5 Å². The number of oxazole rings is 1. The Labute approximate surface area is 106 Å². The Balaban J connectivity index is 1.82. The molecule has 0 spiro atoms. The molecule has 0 amide bonds. The molecule has 2 heterocycles. The fourth-order valence-electron chi connectivity index (χ4n) is 2.25. The summed E-state index contributed by atoms with van der Waals surface area (Å²) in [6.45, 7) is 1.06. The molecule has 1 aliphatic rings. The van der Waals surface area contributed by atoms with Crippen LogP contribution in [0.1, 0.15) is 24.6 Å². The normalized spacial score (nSPS) is 19.1. The number of hydrogen-bond donors (Lipinski definition) is 1. The number of benzene rings is 1. The minimum atomic E-state index is 0.348. The summed E-state index contributed by atoms with van der Waals surface area (Å²) in [5.41, 5.74) is 1.97. The Kier molecular flexibility index (Phi) is 3.02. The number of aromatic nitrogens is 1. The molecular formula is C14H16N2O2. The van der Waals surface area contributed by atoms with Crippen LogP contribution < -0.4 is 10.1 Å². The molecule has 0 aliphatic carbocycles. The molecule has 1 saturated heterocycles. The van der Waals surface area contributed by atoms with Crippen molar-refractivity contribution in [1.29, 1.82) is 0 Å². The van der Waals surface area contributed by atoms with E-state index in [0.29, 0.717) is 11.9 Å². The van der Waals surface area contributed by atoms with Crippen LogP contribution in [0, 0.1) is 0 Å². The second-order valence-electron chi connectivity index (χ2n) is 4.45. The van der Waals surface area contributed by atoms with Crippen molar-refractivity contribution in [2.45, 2.75) is 18.9 Å². The molecule has 1 aromatic heterocycles. The van der Waals surface area contributed by atoms with Gasteiger partial charge in [0.25, 0.3) is 0 Å². The number of methoxy groups -OCH3 is 1. The smallest absolute Gasteiger partial charge is 0.226 e. The number of rotatable bonds is 3. The Morgan fingerprint density at radius 2 is 2.17 bits per heavy atom. The van der Waals surface area contributed by atoms with Gasteiger partial charge in [0.1, 0.15) is 12.0 Å². The lowest BCUT2D eigenvalue weighted by molar-refractivity contribution is 0.415. The van der Waals surface area contributed by atoms with E-state index in [1.165, 1.54) is 6.42 Å². The van der Waals surface area contributed by atoms with Crippen LogP contribution in [0.15, 0.2) is 34.9 Å². The first kappa shape index (κ1) is 11.3. The van der Waals surface area contributed by atoms with Crippen LogP contribution in [0.25, 0.3) is 11.5 Å². The molecule has 1 aromatic carbocycles. The molecule has 1 atom stereocenters. The summed E-state index contributed by atoms with van der Waals surface area (Å²) in [6.07, 6.45) is 4.09. The Morgan fingerprint density at radius 3 is 2.83 bits per heavy atom. The Bertz CT molecular complexity index is 513. The number of hydrogen-bond acceptors (Lipinski definition) is 4. The highest BCUT2D eigenvalue weighted by atomic mass is 16.5. The van der Waals surface area contributed by atoms with Crippen molar-refractivity contribution in [3.8, 4) is 17.2 Å². The van der Waals surface area contributed by atoms with Crippen LogP contribution >= 0.6 is 0 Å². The minimum Gasteiger partial charge on any atom is -0.497 e. The fraction of sp³-hybridized carbons (Fsp3) is 0.357. The molecule has 1 N–H and O–H groups in total. The highest BCUT2D eigenvalue weighted by molar-refractivity contribution is 5.54. The molecule has 4 nitrogen and oxygen atoms in total. The molecule has 94 valence electrons. The third kappa shape index (κ3) is 2.11. The predicted octanol–water partition coefficient (Wildman–Crippen LogP) is 2.77. The second-order valence-corrected chi connectivity index (χ2v) is 4.45. The van der Waals surface area contributed by atoms with Gasteiger partial charge in [0.15, 0.2) is 0 Å². The molecule has 0 radical (unpaired) electrons. The summed E-state index contributed by atoms with van der Waals surface area (Å²) >= 11 is 0. The maximum Gasteiger partial charge on any atom is 0.226 e. The SMILES string of the molecule is COc1ccc(-c2nc(C3CCCN3)co2)cc1. The van der Waals surface area contributed by atoms with Gasteiger partial charge >= 0.3 is 0 Å². The first-order valence-corrected chi connectivity index (χ1v) is 6.20. The summed E-state index contributed by atoms with van der Waals surface area (Å²) in [6, 6.07) is 8.08. The molecule has 3 rings (SSSR count). The molecule has 0 bridgehead atoms. The van der Waals surface area contributed by atoms with E-state index in [9.17, 15) is 0 Å². The van der Waals surface area contributed by atoms with Gasteiger partial charge in [-0.25, -0.2) is 4.98 Å². The molecule has 1 aliphatic heterocycles. The van der Waals surface area contributed by atoms with E-state index in [2.05, 4.69) is 10.3 Å². The van der Waals surface area contributed by atoms with Crippen molar-refractivity contribution in [2.24, 2.45) is 0 Å². The van der Waals surface area contributed by atoms with Crippen molar-refractivity contribution in [2.75, 3.05) is 13.7 Å². The number of nitrogens with one attached hydrogen (secondary N) is 1. The third-order valence-corrected chi connectivity index (χ3v) is 3.28. The van der Waals surface area contributed by atoms with E-state index in [4.69, 9.17) is 9.15 Å². The van der Waals surface area contributed by atoms with Gasteiger partial charge in [-0.05, 0) is 43.7 Å². The average molecular weight is 244 g/mol. The van der Waals surface area contributed by atoms with Gasteiger partial charge in [0.2, 0.25) is 5.89 Å². The fourth-order valence-corrected chi connectivity index (χ4v) is 2.25. The standard InChI is InChI=1S/C14H16N2O2/c1-17-11-6-4-10(5-7-11)14-16-13(9-18-14)12-3-2-8-15-12/h4-7,9,12,15H,2-3,8H2,1H3. The predicted molar refractivity (Wildman–Crippen MR) is 68.5 cm³/mol. The van der Waals surface area contributed by atoms with Gasteiger partial charge in [-0.2, -0.15) is 0 Å². The van der Waals surface area contributed by atoms with Crippen LogP contribution in [0.5, 0.6) is 5.75 Å². The number of nitrogens with zero attached hydrogens (tertiary/aromatic N) is 1. The number of ether oxygens (including phenoxy) is 1. The molecule has 1 unspecified atom stereocenters. The van der Waals surface area contributed by atoms with E-state index in [1.807, 2.05) is 24.3 Å². The zero-order chi connectivity index (χ0) is 12.4. The second kappa shape index (κ2) is 4.82. The van der Waals surface area contributed by atoms with Crippen LogP contribution in [-0.4, -0.2) is 18.6 Å². The molecule has 1 fully saturated rings. The largest absolute Gasteiger partial charge is 0.497 e. The lowest BCUT2D eigenvalue weighted by Crippen LogP contribution is -2.12. The van der Waals surface area contributed by atoms with Gasteiger partial charge in [0.05, 0.1) is 18.8 Å². The van der Waals surface area contributed by atoms with Crippen molar-refractivity contribution >= 4 is 0 Å². The third-order valence-electron chi connectivity index (χ3n) is 3.28. The maximum absolute atomic E-state index is 5.54. The first-order chi connectivity index (χ1) is 8.86.